The number of nitrogens with zero attached hydrogens (tertiary/aromatic N) is 3. The van der Waals surface area contributed by atoms with E-state index in [2.05, 4.69) is 6.92 Å². The number of rotatable bonds is 11. The van der Waals surface area contributed by atoms with E-state index in [1.54, 1.807) is 12.0 Å². The zero-order valence-corrected chi connectivity index (χ0v) is 15.5. The molecule has 1 rings (SSSR count). The molecule has 0 saturated heterocycles. The summed E-state index contributed by atoms with van der Waals surface area (Å²) in [5.74, 6) is -0.0778. The van der Waals surface area contributed by atoms with Crippen molar-refractivity contribution in [3.8, 4) is 0 Å². The molecule has 0 N–H and O–H groups in total. The van der Waals surface area contributed by atoms with Crippen molar-refractivity contribution in [3.63, 3.8) is 0 Å². The van der Waals surface area contributed by atoms with E-state index in [9.17, 15) is 9.59 Å². The average molecular weight is 337 g/mol. The van der Waals surface area contributed by atoms with Crippen molar-refractivity contribution >= 4 is 11.8 Å². The molecule has 0 aromatic carbocycles. The minimum atomic E-state index is -0.0752. The van der Waals surface area contributed by atoms with Crippen molar-refractivity contribution in [2.75, 3.05) is 33.4 Å². The van der Waals surface area contributed by atoms with Gasteiger partial charge >= 0.3 is 0 Å². The van der Waals surface area contributed by atoms with Crippen LogP contribution in [0.2, 0.25) is 0 Å². The molecule has 0 aliphatic carbocycles. The highest BCUT2D eigenvalue weighted by molar-refractivity contribution is 5.83. The molecular formula is C18H31N3O3. The molecule has 0 atom stereocenters. The van der Waals surface area contributed by atoms with Crippen LogP contribution in [0.25, 0.3) is 0 Å². The lowest BCUT2D eigenvalue weighted by atomic mass is 10.2. The van der Waals surface area contributed by atoms with Crippen molar-refractivity contribution < 1.29 is 14.3 Å². The van der Waals surface area contributed by atoms with E-state index >= 15 is 0 Å². The Morgan fingerprint density at radius 3 is 2.46 bits per heavy atom. The van der Waals surface area contributed by atoms with Gasteiger partial charge in [0.15, 0.2) is 0 Å². The Bertz CT molecular complexity index is 513. The van der Waals surface area contributed by atoms with Gasteiger partial charge in [0.05, 0.1) is 13.1 Å². The standard InChI is InChI=1S/C18H31N3O3/c1-5-6-11-21(14-17-9-7-10-19(17)3)18(23)15-20(16(2)22)12-8-13-24-4/h7,9-10H,5-6,8,11-15H2,1-4H3. The van der Waals surface area contributed by atoms with Gasteiger partial charge in [0.1, 0.15) is 0 Å². The van der Waals surface area contributed by atoms with Gasteiger partial charge in [-0.3, -0.25) is 9.59 Å². The molecule has 0 bridgehead atoms. The van der Waals surface area contributed by atoms with E-state index in [4.69, 9.17) is 4.74 Å². The topological polar surface area (TPSA) is 54.8 Å². The number of carbonyl (C=O) groups is 2. The number of methoxy groups -OCH3 is 1. The molecule has 0 fully saturated rings. The molecule has 6 heteroatoms. The zero-order chi connectivity index (χ0) is 17.9. The second kappa shape index (κ2) is 10.9. The summed E-state index contributed by atoms with van der Waals surface area (Å²) in [5.41, 5.74) is 1.09. The zero-order valence-electron chi connectivity index (χ0n) is 15.5. The number of unbranched alkanes of at least 4 members (excludes halogenated alkanes) is 1. The van der Waals surface area contributed by atoms with E-state index < -0.39 is 0 Å². The van der Waals surface area contributed by atoms with E-state index in [1.807, 2.05) is 34.8 Å². The third kappa shape index (κ3) is 6.74. The van der Waals surface area contributed by atoms with Crippen LogP contribution in [0.1, 0.15) is 38.8 Å². The Labute approximate surface area is 145 Å². The Morgan fingerprint density at radius 1 is 1.21 bits per heavy atom. The molecule has 6 nitrogen and oxygen atoms in total. The van der Waals surface area contributed by atoms with Gasteiger partial charge in [0, 0.05) is 52.7 Å². The highest BCUT2D eigenvalue weighted by Gasteiger charge is 2.19. The van der Waals surface area contributed by atoms with Crippen LogP contribution in [0.5, 0.6) is 0 Å². The minimum Gasteiger partial charge on any atom is -0.385 e. The molecule has 0 spiro atoms. The van der Waals surface area contributed by atoms with Crippen LogP contribution < -0.4 is 0 Å². The number of hydrogen-bond acceptors (Lipinski definition) is 3. The summed E-state index contributed by atoms with van der Waals surface area (Å²) >= 11 is 0. The van der Waals surface area contributed by atoms with Gasteiger partial charge in [-0.2, -0.15) is 0 Å². The SMILES string of the molecule is CCCCN(Cc1cccn1C)C(=O)CN(CCCOC)C(C)=O. The second-order valence-corrected chi connectivity index (χ2v) is 6.07. The van der Waals surface area contributed by atoms with Gasteiger partial charge in [-0.05, 0) is 25.0 Å². The lowest BCUT2D eigenvalue weighted by Gasteiger charge is -2.27. The number of hydrogen-bond donors (Lipinski definition) is 0. The molecule has 0 saturated carbocycles. The largest absolute Gasteiger partial charge is 0.385 e. The Morgan fingerprint density at radius 2 is 1.92 bits per heavy atom. The number of aryl methyl sites for hydroxylation is 1. The molecule has 0 unspecified atom stereocenters. The summed E-state index contributed by atoms with van der Waals surface area (Å²) in [6, 6.07) is 4.00. The first-order valence-corrected chi connectivity index (χ1v) is 8.62. The molecule has 1 aromatic rings. The maximum absolute atomic E-state index is 12.7. The van der Waals surface area contributed by atoms with Gasteiger partial charge in [-0.25, -0.2) is 0 Å². The third-order valence-corrected chi connectivity index (χ3v) is 4.09. The molecule has 2 amide bonds. The summed E-state index contributed by atoms with van der Waals surface area (Å²) in [7, 11) is 3.61. The van der Waals surface area contributed by atoms with Gasteiger partial charge in [0.2, 0.25) is 11.8 Å². The monoisotopic (exact) mass is 337 g/mol. The average Bonchev–Trinajstić information content (AvgIpc) is 2.95. The summed E-state index contributed by atoms with van der Waals surface area (Å²) < 4.78 is 7.05. The first-order chi connectivity index (χ1) is 11.5. The number of amides is 2. The molecule has 136 valence electrons. The molecule has 0 aliphatic heterocycles. The Hall–Kier alpha value is -1.82. The molecule has 1 aromatic heterocycles. The van der Waals surface area contributed by atoms with Crippen LogP contribution in [-0.4, -0.2) is 59.5 Å². The fraction of sp³-hybridized carbons (Fsp3) is 0.667. The fourth-order valence-corrected chi connectivity index (χ4v) is 2.51. The number of ether oxygens (including phenoxy) is 1. The Kier molecular flexibility index (Phi) is 9.15. The van der Waals surface area contributed by atoms with Crippen LogP contribution in [0.4, 0.5) is 0 Å². The second-order valence-electron chi connectivity index (χ2n) is 6.07. The van der Waals surface area contributed by atoms with E-state index in [0.717, 1.165) is 25.0 Å². The number of carbonyl (C=O) groups excluding carboxylic acids is 2. The van der Waals surface area contributed by atoms with E-state index in [-0.39, 0.29) is 18.4 Å². The van der Waals surface area contributed by atoms with E-state index in [1.165, 1.54) is 6.92 Å². The maximum atomic E-state index is 12.7. The van der Waals surface area contributed by atoms with Crippen LogP contribution in [0.15, 0.2) is 18.3 Å². The van der Waals surface area contributed by atoms with Crippen molar-refractivity contribution in [2.45, 2.75) is 39.7 Å². The summed E-state index contributed by atoms with van der Waals surface area (Å²) in [5, 5.41) is 0. The first kappa shape index (κ1) is 20.2. The summed E-state index contributed by atoms with van der Waals surface area (Å²) in [6.07, 6.45) is 4.70. The van der Waals surface area contributed by atoms with Crippen LogP contribution >= 0.6 is 0 Å². The van der Waals surface area contributed by atoms with Crippen LogP contribution in [0, 0.1) is 0 Å². The highest BCUT2D eigenvalue weighted by Crippen LogP contribution is 2.08. The Balaban J connectivity index is 2.70. The first-order valence-electron chi connectivity index (χ1n) is 8.62. The lowest BCUT2D eigenvalue weighted by Crippen LogP contribution is -2.43. The van der Waals surface area contributed by atoms with E-state index in [0.29, 0.717) is 26.2 Å². The van der Waals surface area contributed by atoms with Crippen molar-refractivity contribution in [1.29, 1.82) is 0 Å². The summed E-state index contributed by atoms with van der Waals surface area (Å²) in [4.78, 5) is 28.0. The molecule has 0 radical (unpaired) electrons. The smallest absolute Gasteiger partial charge is 0.242 e. The van der Waals surface area contributed by atoms with Crippen molar-refractivity contribution in [1.82, 2.24) is 14.4 Å². The number of aromatic nitrogens is 1. The molecular weight excluding hydrogens is 306 g/mol. The van der Waals surface area contributed by atoms with Crippen LogP contribution in [-0.2, 0) is 27.9 Å². The lowest BCUT2D eigenvalue weighted by molar-refractivity contribution is -0.140. The maximum Gasteiger partial charge on any atom is 0.242 e. The predicted octanol–water partition coefficient (Wildman–Crippen LogP) is 2.04. The quantitative estimate of drug-likeness (QED) is 0.581. The third-order valence-electron chi connectivity index (χ3n) is 4.09. The predicted molar refractivity (Wildman–Crippen MR) is 94.5 cm³/mol. The molecule has 0 aliphatic rings. The van der Waals surface area contributed by atoms with Gasteiger partial charge < -0.3 is 19.1 Å². The molecule has 24 heavy (non-hydrogen) atoms. The molecule has 1 heterocycles. The highest BCUT2D eigenvalue weighted by atomic mass is 16.5. The van der Waals surface area contributed by atoms with Crippen molar-refractivity contribution in [2.24, 2.45) is 7.05 Å². The van der Waals surface area contributed by atoms with Gasteiger partial charge in [0.25, 0.3) is 0 Å². The fourth-order valence-electron chi connectivity index (χ4n) is 2.51. The van der Waals surface area contributed by atoms with Gasteiger partial charge in [-0.15, -0.1) is 0 Å². The van der Waals surface area contributed by atoms with Crippen molar-refractivity contribution in [3.05, 3.63) is 24.0 Å². The normalized spacial score (nSPS) is 10.7. The summed E-state index contributed by atoms with van der Waals surface area (Å²) in [6.45, 7) is 6.16. The van der Waals surface area contributed by atoms with Gasteiger partial charge in [-0.1, -0.05) is 13.3 Å². The van der Waals surface area contributed by atoms with Crippen LogP contribution in [0.3, 0.4) is 0 Å². The minimum absolute atomic E-state index is 0.00253.